The third-order valence-electron chi connectivity index (χ3n) is 3.05. The predicted octanol–water partition coefficient (Wildman–Crippen LogP) is 4.31. The highest BCUT2D eigenvalue weighted by Gasteiger charge is 2.00. The van der Waals surface area contributed by atoms with E-state index in [1.165, 1.54) is 5.69 Å². The van der Waals surface area contributed by atoms with Gasteiger partial charge in [0.15, 0.2) is 0 Å². The molecule has 2 aromatic rings. The molecule has 0 N–H and O–H groups in total. The number of hydrogen-bond donors (Lipinski definition) is 0. The number of hydrogen-bond acceptors (Lipinski definition) is 2. The monoisotopic (exact) mass is 279 g/mol. The Morgan fingerprint density at radius 1 is 0.857 bits per heavy atom. The lowest BCUT2D eigenvalue weighted by molar-refractivity contribution is 0.362. The molecule has 2 rings (SSSR count). The minimum Gasteiger partial charge on any atom is -0.490 e. The molecule has 0 fully saturated rings. The van der Waals surface area contributed by atoms with Gasteiger partial charge in [-0.25, -0.2) is 0 Å². The molecular weight excluding hydrogens is 258 g/mol. The number of para-hydroxylation sites is 2. The fourth-order valence-electron chi connectivity index (χ4n) is 2.01. The van der Waals surface area contributed by atoms with Crippen molar-refractivity contribution in [1.29, 1.82) is 0 Å². The molecule has 2 aromatic carbocycles. The summed E-state index contributed by atoms with van der Waals surface area (Å²) in [5, 5.41) is 0. The molecule has 0 aromatic heterocycles. The molecule has 0 saturated carbocycles. The van der Waals surface area contributed by atoms with E-state index >= 15 is 0 Å². The lowest BCUT2D eigenvalue weighted by Gasteiger charge is -2.21. The zero-order valence-electron chi connectivity index (χ0n) is 12.2. The Hall–Kier alpha value is -2.48. The fourth-order valence-corrected chi connectivity index (χ4v) is 2.01. The predicted molar refractivity (Wildman–Crippen MR) is 89.9 cm³/mol. The van der Waals surface area contributed by atoms with Crippen molar-refractivity contribution in [2.24, 2.45) is 0 Å². The van der Waals surface area contributed by atoms with E-state index in [9.17, 15) is 0 Å². The molecule has 2 nitrogen and oxygen atoms in total. The van der Waals surface area contributed by atoms with Gasteiger partial charge in [0.25, 0.3) is 0 Å². The quantitative estimate of drug-likeness (QED) is 0.667. The maximum Gasteiger partial charge on any atom is 0.119 e. The first-order valence-electron chi connectivity index (χ1n) is 7.14. The lowest BCUT2D eigenvalue weighted by Crippen LogP contribution is -2.23. The molecule has 0 atom stereocenters. The standard InChI is InChI=1S/C19H21NO/c1-2-15-20(18-11-5-3-6-12-18)16-9-10-17-21-19-13-7-4-8-14-19/h2-14H,1,15-17H2/b10-9+. The van der Waals surface area contributed by atoms with Gasteiger partial charge in [0.2, 0.25) is 0 Å². The smallest absolute Gasteiger partial charge is 0.119 e. The average molecular weight is 279 g/mol. The number of benzene rings is 2. The zero-order valence-corrected chi connectivity index (χ0v) is 12.2. The van der Waals surface area contributed by atoms with Gasteiger partial charge in [-0.3, -0.25) is 0 Å². The largest absolute Gasteiger partial charge is 0.490 e. The van der Waals surface area contributed by atoms with E-state index in [-0.39, 0.29) is 0 Å². The fraction of sp³-hybridized carbons (Fsp3) is 0.158. The van der Waals surface area contributed by atoms with E-state index in [2.05, 4.69) is 29.7 Å². The third kappa shape index (κ3) is 5.19. The summed E-state index contributed by atoms with van der Waals surface area (Å²) >= 11 is 0. The normalized spacial score (nSPS) is 10.5. The van der Waals surface area contributed by atoms with Crippen molar-refractivity contribution < 1.29 is 4.74 Å². The molecule has 0 aliphatic carbocycles. The van der Waals surface area contributed by atoms with E-state index in [1.807, 2.05) is 60.7 Å². The minimum absolute atomic E-state index is 0.584. The third-order valence-corrected chi connectivity index (χ3v) is 3.05. The van der Waals surface area contributed by atoms with Crippen molar-refractivity contribution in [3.05, 3.63) is 85.5 Å². The molecule has 0 aliphatic heterocycles. The van der Waals surface area contributed by atoms with Crippen molar-refractivity contribution in [2.45, 2.75) is 0 Å². The molecule has 0 aliphatic rings. The number of nitrogens with zero attached hydrogens (tertiary/aromatic N) is 1. The van der Waals surface area contributed by atoms with Gasteiger partial charge in [0, 0.05) is 18.8 Å². The Bertz CT molecular complexity index is 548. The molecule has 21 heavy (non-hydrogen) atoms. The number of rotatable bonds is 8. The summed E-state index contributed by atoms with van der Waals surface area (Å²) in [5.41, 5.74) is 1.20. The molecule has 108 valence electrons. The first-order chi connectivity index (χ1) is 10.4. The van der Waals surface area contributed by atoms with Crippen LogP contribution in [0.5, 0.6) is 5.75 Å². The van der Waals surface area contributed by atoms with Gasteiger partial charge in [0.1, 0.15) is 12.4 Å². The lowest BCUT2D eigenvalue weighted by atomic mass is 10.3. The van der Waals surface area contributed by atoms with Gasteiger partial charge in [-0.05, 0) is 30.3 Å². The highest BCUT2D eigenvalue weighted by Crippen LogP contribution is 2.13. The molecule has 0 bridgehead atoms. The van der Waals surface area contributed by atoms with Gasteiger partial charge in [-0.2, -0.15) is 0 Å². The topological polar surface area (TPSA) is 12.5 Å². The van der Waals surface area contributed by atoms with E-state index < -0.39 is 0 Å². The molecule has 0 heterocycles. The van der Waals surface area contributed by atoms with Crippen LogP contribution in [0.25, 0.3) is 0 Å². The Kier molecular flexibility index (Phi) is 6.14. The van der Waals surface area contributed by atoms with Crippen LogP contribution in [0.1, 0.15) is 0 Å². The minimum atomic E-state index is 0.584. The summed E-state index contributed by atoms with van der Waals surface area (Å²) in [6.45, 7) is 6.07. The second-order valence-corrected chi connectivity index (χ2v) is 4.62. The zero-order chi connectivity index (χ0) is 14.8. The van der Waals surface area contributed by atoms with Crippen molar-refractivity contribution >= 4 is 5.69 Å². The van der Waals surface area contributed by atoms with Crippen LogP contribution in [0.4, 0.5) is 5.69 Å². The van der Waals surface area contributed by atoms with Crippen LogP contribution in [-0.2, 0) is 0 Å². The second-order valence-electron chi connectivity index (χ2n) is 4.62. The maximum atomic E-state index is 5.63. The van der Waals surface area contributed by atoms with Crippen LogP contribution in [0, 0.1) is 0 Å². The first-order valence-corrected chi connectivity index (χ1v) is 7.14. The molecule has 0 saturated heterocycles. The number of ether oxygens (including phenoxy) is 1. The van der Waals surface area contributed by atoms with E-state index in [4.69, 9.17) is 4.74 Å². The SMILES string of the molecule is C=CCN(C/C=C/COc1ccccc1)c1ccccc1. The number of anilines is 1. The van der Waals surface area contributed by atoms with Crippen LogP contribution in [0.3, 0.4) is 0 Å². The summed E-state index contributed by atoms with van der Waals surface area (Å²) in [6.07, 6.45) is 6.09. The molecule has 0 spiro atoms. The van der Waals surface area contributed by atoms with Crippen LogP contribution in [-0.4, -0.2) is 19.7 Å². The summed E-state index contributed by atoms with van der Waals surface area (Å²) in [5.74, 6) is 0.896. The van der Waals surface area contributed by atoms with Crippen LogP contribution in [0.2, 0.25) is 0 Å². The first kappa shape index (κ1) is 14.9. The summed E-state index contributed by atoms with van der Waals surface area (Å²) in [7, 11) is 0. The summed E-state index contributed by atoms with van der Waals surface area (Å²) in [6, 6.07) is 20.2. The van der Waals surface area contributed by atoms with Gasteiger partial charge in [-0.15, -0.1) is 6.58 Å². The summed E-state index contributed by atoms with van der Waals surface area (Å²) in [4.78, 5) is 2.26. The van der Waals surface area contributed by atoms with Gasteiger partial charge < -0.3 is 9.64 Å². The summed E-state index contributed by atoms with van der Waals surface area (Å²) < 4.78 is 5.63. The van der Waals surface area contributed by atoms with Gasteiger partial charge in [-0.1, -0.05) is 48.6 Å². The highest BCUT2D eigenvalue weighted by atomic mass is 16.5. The molecule has 0 unspecified atom stereocenters. The Balaban J connectivity index is 1.81. The van der Waals surface area contributed by atoms with Crippen LogP contribution >= 0.6 is 0 Å². The van der Waals surface area contributed by atoms with E-state index in [0.29, 0.717) is 6.61 Å². The molecule has 2 heteroatoms. The molecule has 0 radical (unpaired) electrons. The van der Waals surface area contributed by atoms with Crippen molar-refractivity contribution in [1.82, 2.24) is 0 Å². The van der Waals surface area contributed by atoms with E-state index in [0.717, 1.165) is 18.8 Å². The molecule has 0 amide bonds. The second kappa shape index (κ2) is 8.64. The van der Waals surface area contributed by atoms with Crippen molar-refractivity contribution in [3.63, 3.8) is 0 Å². The van der Waals surface area contributed by atoms with Gasteiger partial charge >= 0.3 is 0 Å². The average Bonchev–Trinajstić information content (AvgIpc) is 2.55. The maximum absolute atomic E-state index is 5.63. The highest BCUT2D eigenvalue weighted by molar-refractivity contribution is 5.47. The molecular formula is C19H21NO. The van der Waals surface area contributed by atoms with Crippen LogP contribution < -0.4 is 9.64 Å². The van der Waals surface area contributed by atoms with Crippen molar-refractivity contribution in [2.75, 3.05) is 24.6 Å². The van der Waals surface area contributed by atoms with Gasteiger partial charge in [0.05, 0.1) is 0 Å². The van der Waals surface area contributed by atoms with E-state index in [1.54, 1.807) is 0 Å². The van der Waals surface area contributed by atoms with Crippen LogP contribution in [0.15, 0.2) is 85.5 Å². The van der Waals surface area contributed by atoms with Crippen molar-refractivity contribution in [3.8, 4) is 5.75 Å². The Morgan fingerprint density at radius 3 is 2.19 bits per heavy atom. The Labute approximate surface area is 127 Å². The Morgan fingerprint density at radius 2 is 1.52 bits per heavy atom.